The van der Waals surface area contributed by atoms with Gasteiger partial charge in [0.2, 0.25) is 5.91 Å². The van der Waals surface area contributed by atoms with Crippen LogP contribution in [0.4, 0.5) is 10.1 Å². The molecule has 0 saturated heterocycles. The van der Waals surface area contributed by atoms with Gasteiger partial charge < -0.3 is 10.1 Å². The lowest BCUT2D eigenvalue weighted by molar-refractivity contribution is -0.116. The topological polar surface area (TPSA) is 81.9 Å². The van der Waals surface area contributed by atoms with Gasteiger partial charge in [0.05, 0.1) is 6.61 Å². The van der Waals surface area contributed by atoms with E-state index in [1.807, 2.05) is 13.0 Å². The smallest absolute Gasteiger partial charge is 0.224 e. The number of amides is 1. The Labute approximate surface area is 166 Å². The van der Waals surface area contributed by atoms with E-state index in [-0.39, 0.29) is 18.0 Å². The van der Waals surface area contributed by atoms with Crippen molar-refractivity contribution in [2.24, 2.45) is 0 Å². The van der Waals surface area contributed by atoms with Crippen LogP contribution in [0.1, 0.15) is 24.2 Å². The summed E-state index contributed by atoms with van der Waals surface area (Å²) in [4.78, 5) is 12.1. The van der Waals surface area contributed by atoms with E-state index in [4.69, 9.17) is 16.3 Å². The van der Waals surface area contributed by atoms with E-state index in [9.17, 15) is 9.18 Å². The van der Waals surface area contributed by atoms with E-state index in [1.165, 1.54) is 22.9 Å². The van der Waals surface area contributed by atoms with Gasteiger partial charge in [-0.05, 0) is 72.7 Å². The number of aromatic nitrogens is 4. The number of nitrogens with zero attached hydrogens (tertiary/aromatic N) is 4. The first kappa shape index (κ1) is 19.8. The van der Waals surface area contributed by atoms with E-state index < -0.39 is 5.82 Å². The lowest BCUT2D eigenvalue weighted by Gasteiger charge is -2.10. The molecule has 0 bridgehead atoms. The first-order valence-electron chi connectivity index (χ1n) is 8.68. The molecule has 3 rings (SSSR count). The zero-order valence-electron chi connectivity index (χ0n) is 15.4. The van der Waals surface area contributed by atoms with Gasteiger partial charge in [-0.25, -0.2) is 4.39 Å². The van der Waals surface area contributed by atoms with Crippen molar-refractivity contribution in [2.75, 3.05) is 11.9 Å². The summed E-state index contributed by atoms with van der Waals surface area (Å²) >= 11 is 5.98. The molecule has 0 radical (unpaired) electrons. The van der Waals surface area contributed by atoms with Crippen molar-refractivity contribution in [2.45, 2.75) is 26.7 Å². The molecule has 28 heavy (non-hydrogen) atoms. The van der Waals surface area contributed by atoms with Crippen LogP contribution in [-0.4, -0.2) is 32.7 Å². The lowest BCUT2D eigenvalue weighted by Crippen LogP contribution is -2.13. The van der Waals surface area contributed by atoms with Gasteiger partial charge in [-0.3, -0.25) is 4.79 Å². The fourth-order valence-electron chi connectivity index (χ4n) is 2.56. The number of hydrogen-bond donors (Lipinski definition) is 1. The van der Waals surface area contributed by atoms with Crippen LogP contribution in [0, 0.1) is 19.7 Å². The zero-order valence-corrected chi connectivity index (χ0v) is 16.2. The van der Waals surface area contributed by atoms with Crippen LogP contribution in [0.15, 0.2) is 36.4 Å². The largest absolute Gasteiger partial charge is 0.494 e. The number of rotatable bonds is 7. The van der Waals surface area contributed by atoms with Crippen LogP contribution in [0.3, 0.4) is 0 Å². The Morgan fingerprint density at radius 1 is 1.25 bits per heavy atom. The SMILES string of the molecule is Cc1cc(OCCCC(=O)Nc2ccc(F)c(-n3nnnc3C)c2)ccc1Cl. The van der Waals surface area contributed by atoms with Crippen molar-refractivity contribution in [3.63, 3.8) is 0 Å². The second-order valence-electron chi connectivity index (χ2n) is 6.22. The molecule has 0 atom stereocenters. The Morgan fingerprint density at radius 3 is 2.79 bits per heavy atom. The third-order valence-corrected chi connectivity index (χ3v) is 4.45. The van der Waals surface area contributed by atoms with Crippen LogP contribution >= 0.6 is 11.6 Å². The number of halogens is 2. The molecule has 1 N–H and O–H groups in total. The van der Waals surface area contributed by atoms with Crippen molar-refractivity contribution < 1.29 is 13.9 Å². The molecule has 7 nitrogen and oxygen atoms in total. The summed E-state index contributed by atoms with van der Waals surface area (Å²) in [6, 6.07) is 9.66. The Kier molecular flexibility index (Phi) is 6.20. The standard InChI is InChI=1S/C19H19ClFN5O2/c1-12-10-15(6-7-16(12)20)28-9-3-4-19(27)22-14-5-8-17(21)18(11-14)26-13(2)23-24-25-26/h5-8,10-11H,3-4,9H2,1-2H3,(H,22,27). The molecule has 3 aromatic rings. The van der Waals surface area contributed by atoms with Crippen LogP contribution in [-0.2, 0) is 4.79 Å². The van der Waals surface area contributed by atoms with Gasteiger partial charge >= 0.3 is 0 Å². The van der Waals surface area contributed by atoms with Crippen molar-refractivity contribution in [3.8, 4) is 11.4 Å². The van der Waals surface area contributed by atoms with Crippen molar-refractivity contribution >= 4 is 23.2 Å². The van der Waals surface area contributed by atoms with Crippen molar-refractivity contribution in [3.05, 3.63) is 58.6 Å². The normalized spacial score (nSPS) is 10.7. The minimum absolute atomic E-state index is 0.168. The number of anilines is 1. The molecule has 2 aromatic carbocycles. The van der Waals surface area contributed by atoms with Crippen LogP contribution < -0.4 is 10.1 Å². The minimum atomic E-state index is -0.486. The molecule has 0 aliphatic rings. The molecule has 146 valence electrons. The lowest BCUT2D eigenvalue weighted by atomic mass is 10.2. The predicted octanol–water partition coefficient (Wildman–Crippen LogP) is 3.87. The molecule has 1 amide bonds. The van der Waals surface area contributed by atoms with E-state index in [0.717, 1.165) is 5.56 Å². The Hall–Kier alpha value is -3.00. The van der Waals surface area contributed by atoms with Gasteiger partial charge in [-0.15, -0.1) is 5.10 Å². The third kappa shape index (κ3) is 4.83. The quantitative estimate of drug-likeness (QED) is 0.605. The van der Waals surface area contributed by atoms with Gasteiger partial charge in [0.1, 0.15) is 17.3 Å². The third-order valence-electron chi connectivity index (χ3n) is 4.03. The fraction of sp³-hybridized carbons (Fsp3) is 0.263. The number of aryl methyl sites for hydroxylation is 2. The highest BCUT2D eigenvalue weighted by atomic mass is 35.5. The maximum Gasteiger partial charge on any atom is 0.224 e. The Balaban J connectivity index is 1.52. The van der Waals surface area contributed by atoms with Gasteiger partial charge in [0.25, 0.3) is 0 Å². The van der Waals surface area contributed by atoms with Crippen LogP contribution in [0.25, 0.3) is 5.69 Å². The fourth-order valence-corrected chi connectivity index (χ4v) is 2.68. The van der Waals surface area contributed by atoms with E-state index in [0.29, 0.717) is 35.3 Å². The number of benzene rings is 2. The molecule has 0 saturated carbocycles. The molecule has 0 fully saturated rings. The molecule has 0 aliphatic heterocycles. The highest BCUT2D eigenvalue weighted by Crippen LogP contribution is 2.21. The second kappa shape index (κ2) is 8.79. The number of ether oxygens (including phenoxy) is 1. The summed E-state index contributed by atoms with van der Waals surface area (Å²) in [7, 11) is 0. The molecule has 0 unspecified atom stereocenters. The van der Waals surface area contributed by atoms with Gasteiger partial charge in [-0.1, -0.05) is 11.6 Å². The molecule has 9 heteroatoms. The van der Waals surface area contributed by atoms with E-state index in [1.54, 1.807) is 19.1 Å². The molecule has 0 aliphatic carbocycles. The zero-order chi connectivity index (χ0) is 20.1. The molecule has 1 aromatic heterocycles. The average molecular weight is 404 g/mol. The number of tetrazole rings is 1. The first-order chi connectivity index (χ1) is 13.4. The summed E-state index contributed by atoms with van der Waals surface area (Å²) in [6.07, 6.45) is 0.802. The van der Waals surface area contributed by atoms with Crippen molar-refractivity contribution in [1.82, 2.24) is 20.2 Å². The number of hydrogen-bond acceptors (Lipinski definition) is 5. The maximum atomic E-state index is 14.1. The van der Waals surface area contributed by atoms with Crippen LogP contribution in [0.5, 0.6) is 5.75 Å². The number of carbonyl (C=O) groups is 1. The molecular formula is C19H19ClFN5O2. The summed E-state index contributed by atoms with van der Waals surface area (Å²) in [5.41, 5.74) is 1.56. The van der Waals surface area contributed by atoms with Gasteiger partial charge in [-0.2, -0.15) is 4.68 Å². The molecular weight excluding hydrogens is 385 g/mol. The minimum Gasteiger partial charge on any atom is -0.494 e. The second-order valence-corrected chi connectivity index (χ2v) is 6.62. The molecule has 1 heterocycles. The van der Waals surface area contributed by atoms with E-state index >= 15 is 0 Å². The molecule has 0 spiro atoms. The predicted molar refractivity (Wildman–Crippen MR) is 103 cm³/mol. The highest BCUT2D eigenvalue weighted by Gasteiger charge is 2.12. The van der Waals surface area contributed by atoms with Crippen molar-refractivity contribution in [1.29, 1.82) is 0 Å². The summed E-state index contributed by atoms with van der Waals surface area (Å²) in [5.74, 6) is 0.473. The highest BCUT2D eigenvalue weighted by molar-refractivity contribution is 6.31. The van der Waals surface area contributed by atoms with E-state index in [2.05, 4.69) is 20.8 Å². The number of nitrogens with one attached hydrogen (secondary N) is 1. The summed E-state index contributed by atoms with van der Waals surface area (Å²) < 4.78 is 21.0. The van der Waals surface area contributed by atoms with Gasteiger partial charge in [0, 0.05) is 17.1 Å². The summed E-state index contributed by atoms with van der Waals surface area (Å²) in [5, 5.41) is 14.4. The number of carbonyl (C=O) groups excluding carboxylic acids is 1. The Morgan fingerprint density at radius 2 is 2.07 bits per heavy atom. The van der Waals surface area contributed by atoms with Gasteiger partial charge in [0.15, 0.2) is 5.82 Å². The monoisotopic (exact) mass is 403 g/mol. The average Bonchev–Trinajstić information content (AvgIpc) is 3.09. The maximum absolute atomic E-state index is 14.1. The van der Waals surface area contributed by atoms with Crippen LogP contribution in [0.2, 0.25) is 5.02 Å². The first-order valence-corrected chi connectivity index (χ1v) is 9.05. The summed E-state index contributed by atoms with van der Waals surface area (Å²) in [6.45, 7) is 3.95. The Bertz CT molecular complexity index is 992.